The van der Waals surface area contributed by atoms with E-state index >= 15 is 0 Å². The van der Waals surface area contributed by atoms with Gasteiger partial charge in [-0.25, -0.2) is 0 Å². The first kappa shape index (κ1) is 16.9. The second-order valence-corrected chi connectivity index (χ2v) is 44.7. The Bertz CT molecular complexity index is 1340. The molecular formula is C25H40FeO3Si. The summed E-state index contributed by atoms with van der Waals surface area (Å²) in [7, 11) is -1.58. The van der Waals surface area contributed by atoms with Gasteiger partial charge in [0.1, 0.15) is 0 Å². The SMILES string of the molecule is CC(=O)[C]12[CH]3[CH]4[CH]5[CH]1[Fe]45321678[CH]2[CH]1[CH]6[C]7(COCCCCCCO[Si](C)(C)C(C)(C)C)[CH]28. The van der Waals surface area contributed by atoms with Gasteiger partial charge in [-0.15, -0.1) is 0 Å². The molecule has 10 saturated heterocycles. The average Bonchev–Trinajstić information content (AvgIpc) is 3.59. The van der Waals surface area contributed by atoms with Gasteiger partial charge in [-0.05, 0) is 0 Å². The molecule has 0 N–H and O–H groups in total. The van der Waals surface area contributed by atoms with Crippen molar-refractivity contribution in [1.29, 1.82) is 0 Å². The number of carbonyl (C=O) groups excluding carboxylic acids is 1. The van der Waals surface area contributed by atoms with E-state index in [1.165, 1.54) is 44.9 Å². The van der Waals surface area contributed by atoms with Crippen molar-refractivity contribution in [3.8, 4) is 0 Å². The van der Waals surface area contributed by atoms with Crippen LogP contribution in [0, 0.1) is 0 Å². The van der Waals surface area contributed by atoms with Crippen LogP contribution in [0.15, 0.2) is 0 Å². The first-order chi connectivity index (χ1) is 13.8. The Labute approximate surface area is 172 Å². The summed E-state index contributed by atoms with van der Waals surface area (Å²) in [6.45, 7) is 13.2. The van der Waals surface area contributed by atoms with E-state index in [2.05, 4.69) is 33.9 Å². The van der Waals surface area contributed by atoms with Crippen LogP contribution in [-0.4, -0.2) is 33.9 Å². The van der Waals surface area contributed by atoms with Gasteiger partial charge in [0.25, 0.3) is 0 Å². The van der Waals surface area contributed by atoms with E-state index in [1.807, 2.05) is 6.92 Å². The van der Waals surface area contributed by atoms with Crippen LogP contribution in [0.4, 0.5) is 0 Å². The Morgan fingerprint density at radius 3 is 1.87 bits per heavy atom. The molecule has 0 aromatic carbocycles. The second-order valence-electron chi connectivity index (χ2n) is 16.6. The fourth-order valence-corrected chi connectivity index (χ4v) is 97.7. The minimum absolute atomic E-state index is 0.315. The van der Waals surface area contributed by atoms with E-state index in [0.29, 0.717) is 19.4 Å². The van der Waals surface area contributed by atoms with Crippen LogP contribution in [0.5, 0.6) is 0 Å². The number of hydrogen-bond acceptors (Lipinski definition) is 3. The van der Waals surface area contributed by atoms with E-state index in [9.17, 15) is 4.79 Å². The fourth-order valence-electron chi connectivity index (χ4n) is 19.8. The standard InChI is InChI=1S/C18H33O2Si.C7H7O.Fe/c1-18(2,3)21(4,5)20-15-11-7-6-10-14-19-16-17-12-8-9-13-17;1-6(8)7-4-2-3-5-7;/h8-9,12-13H,6-7,10-11,14-16H2,1-5H3;2-5H,1H3;. The summed E-state index contributed by atoms with van der Waals surface area (Å²) in [6.07, 6.45) is 4.95. The van der Waals surface area contributed by atoms with Gasteiger partial charge in [0.2, 0.25) is 0 Å². The third-order valence-electron chi connectivity index (χ3n) is 19.4. The number of fused-ring (bicyclic) bond motifs is 10. The van der Waals surface area contributed by atoms with Gasteiger partial charge in [-0.2, -0.15) is 0 Å². The summed E-state index contributed by atoms with van der Waals surface area (Å²) in [4.78, 5) is 22.1. The third kappa shape index (κ3) is 0.324. The van der Waals surface area contributed by atoms with Gasteiger partial charge in [0.05, 0.1) is 0 Å². The quantitative estimate of drug-likeness (QED) is 0.234. The Hall–Kier alpha value is 0.326. The zero-order chi connectivity index (χ0) is 20.9. The van der Waals surface area contributed by atoms with Gasteiger partial charge in [-0.1, -0.05) is 20.8 Å². The maximum atomic E-state index is 13.0. The molecule has 30 heavy (non-hydrogen) atoms. The topological polar surface area (TPSA) is 35.5 Å². The predicted molar refractivity (Wildman–Crippen MR) is 119 cm³/mol. The number of hydrogen-bond donors (Lipinski definition) is 0. The van der Waals surface area contributed by atoms with Crippen LogP contribution in [0.25, 0.3) is 0 Å². The molecule has 10 heterocycles. The van der Waals surface area contributed by atoms with E-state index in [1.54, 1.807) is 0 Å². The predicted octanol–water partition coefficient (Wildman–Crippen LogP) is 7.30. The van der Waals surface area contributed by atoms with Crippen LogP contribution in [0.3, 0.4) is 0 Å². The van der Waals surface area contributed by atoms with Crippen LogP contribution in [0.1, 0.15) is 53.4 Å². The van der Waals surface area contributed by atoms with Crippen molar-refractivity contribution < 1.29 is 20.5 Å². The molecule has 0 aromatic heterocycles. The summed E-state index contributed by atoms with van der Waals surface area (Å²) < 4.78 is 13.9. The molecule has 0 radical (unpaired) electrons. The Morgan fingerprint density at radius 1 is 0.900 bits per heavy atom. The number of unbranched alkanes of at least 4 members (excludes halogenated alkanes) is 3. The molecule has 8 unspecified atom stereocenters. The molecule has 10 rings (SSSR count). The first-order valence-electron chi connectivity index (χ1n) is 12.8. The molecule has 10 aliphatic heterocycles. The number of ether oxygens (including phenoxy) is 1. The number of carbonyl (C=O) groups is 1. The van der Waals surface area contributed by atoms with Crippen molar-refractivity contribution in [3.05, 3.63) is 0 Å². The molecule has 0 saturated carbocycles. The van der Waals surface area contributed by atoms with Gasteiger partial charge in [0, 0.05) is 0 Å². The second kappa shape index (κ2) is 2.12. The Balaban J connectivity index is 0.766. The maximum absolute atomic E-state index is 13.0. The van der Waals surface area contributed by atoms with E-state index in [-0.39, 0.29) is 0 Å². The van der Waals surface area contributed by atoms with E-state index < -0.39 is 14.8 Å². The van der Waals surface area contributed by atoms with Crippen LogP contribution < -0.4 is 0 Å². The Kier molecular flexibility index (Phi) is 1.19. The molecule has 5 heteroatoms. The molecule has 0 bridgehead atoms. The first-order valence-corrected chi connectivity index (χ1v) is 21.9. The van der Waals surface area contributed by atoms with Crippen molar-refractivity contribution >= 4 is 14.1 Å². The van der Waals surface area contributed by atoms with Crippen molar-refractivity contribution in [2.75, 3.05) is 19.8 Å². The molecule has 10 aliphatic rings. The normalized spacial score (nSPS) is 76.3. The van der Waals surface area contributed by atoms with Crippen molar-refractivity contribution in [2.24, 2.45) is 0 Å². The fraction of sp³-hybridized carbons (Fsp3) is 0.960. The molecule has 3 nitrogen and oxygen atoms in total. The number of rotatable bonds is 11. The monoisotopic (exact) mass is 472 g/mol. The van der Waals surface area contributed by atoms with Gasteiger partial charge in [0.15, 0.2) is 0 Å². The number of Topliss-reactive ketones (excluding diaryl/α,β-unsaturated/α-hetero) is 1. The molecule has 10 fully saturated rings. The molecule has 1 spiro atoms. The summed E-state index contributed by atoms with van der Waals surface area (Å²) >= 11 is 0. The van der Waals surface area contributed by atoms with Crippen LogP contribution in [0.2, 0.25) is 65.3 Å². The molecule has 0 aliphatic carbocycles. The van der Waals surface area contributed by atoms with Gasteiger partial charge in [-0.3, -0.25) is 0 Å². The molecule has 8 atom stereocenters. The van der Waals surface area contributed by atoms with E-state index in [4.69, 9.17) is 9.16 Å². The molecule has 170 valence electrons. The summed E-state index contributed by atoms with van der Waals surface area (Å²) in [6, 6.07) is 0. The van der Waals surface area contributed by atoms with Gasteiger partial charge < -0.3 is 0 Å². The third-order valence-corrected chi connectivity index (χ3v) is 67.4. The summed E-state index contributed by atoms with van der Waals surface area (Å²) in [5.74, 6) is 0.688. The minimum atomic E-state index is -3.48. The van der Waals surface area contributed by atoms with Crippen molar-refractivity contribution in [3.63, 3.8) is 0 Å². The van der Waals surface area contributed by atoms with Crippen LogP contribution in [-0.2, 0) is 20.5 Å². The van der Waals surface area contributed by atoms with Crippen molar-refractivity contribution in [1.82, 2.24) is 0 Å². The summed E-state index contributed by atoms with van der Waals surface area (Å²) in [5, 5.41) is 0.315. The molecule has 0 aromatic rings. The van der Waals surface area contributed by atoms with Crippen molar-refractivity contribution in [2.45, 2.75) is 119 Å². The van der Waals surface area contributed by atoms with Gasteiger partial charge >= 0.3 is 152 Å². The zero-order valence-electron chi connectivity index (χ0n) is 19.6. The van der Waals surface area contributed by atoms with E-state index in [0.717, 1.165) is 39.1 Å². The average molecular weight is 473 g/mol. The molecular weight excluding hydrogens is 432 g/mol. The molecule has 0 amide bonds. The van der Waals surface area contributed by atoms with Crippen LogP contribution >= 0.6 is 0 Å². The Morgan fingerprint density at radius 2 is 1.43 bits per heavy atom. The summed E-state index contributed by atoms with van der Waals surface area (Å²) in [5.41, 5.74) is 0. The zero-order valence-corrected chi connectivity index (χ0v) is 21.8. The number of ketones is 1.